The maximum absolute atomic E-state index is 11.8. The van der Waals surface area contributed by atoms with Crippen LogP contribution in [0.2, 0.25) is 0 Å². The molecule has 2 aromatic rings. The summed E-state index contributed by atoms with van der Waals surface area (Å²) in [4.78, 5) is 11.8. The second kappa shape index (κ2) is 5.36. The van der Waals surface area contributed by atoms with E-state index in [1.807, 2.05) is 6.07 Å². The summed E-state index contributed by atoms with van der Waals surface area (Å²) in [6, 6.07) is 10.6. The Labute approximate surface area is 125 Å². The van der Waals surface area contributed by atoms with Crippen molar-refractivity contribution in [2.45, 2.75) is 40.2 Å². The van der Waals surface area contributed by atoms with Crippen molar-refractivity contribution in [3.63, 3.8) is 0 Å². The molecule has 0 unspecified atom stereocenters. The molecular formula is C19H20O2. The molecule has 21 heavy (non-hydrogen) atoms. The van der Waals surface area contributed by atoms with E-state index >= 15 is 0 Å². The molecule has 0 radical (unpaired) electrons. The van der Waals surface area contributed by atoms with Gasteiger partial charge in [0.1, 0.15) is 12.4 Å². The summed E-state index contributed by atoms with van der Waals surface area (Å²) in [5.74, 6) is 0.930. The molecule has 108 valence electrons. The number of carbonyl (C=O) groups is 1. The van der Waals surface area contributed by atoms with Crippen LogP contribution < -0.4 is 4.74 Å². The van der Waals surface area contributed by atoms with Crippen LogP contribution in [0.3, 0.4) is 0 Å². The monoisotopic (exact) mass is 280 g/mol. The van der Waals surface area contributed by atoms with Crippen molar-refractivity contribution in [2.75, 3.05) is 0 Å². The first-order chi connectivity index (χ1) is 10.1. The first-order valence-electron chi connectivity index (χ1n) is 7.56. The molecule has 0 amide bonds. The van der Waals surface area contributed by atoms with Crippen LogP contribution >= 0.6 is 0 Å². The highest BCUT2D eigenvalue weighted by molar-refractivity contribution is 5.97. The van der Waals surface area contributed by atoms with Crippen molar-refractivity contribution >= 4 is 5.78 Å². The molecule has 0 saturated carbocycles. The summed E-state index contributed by atoms with van der Waals surface area (Å²) in [6.07, 6.45) is 1.88. The Kier molecular flexibility index (Phi) is 3.54. The molecule has 0 bridgehead atoms. The minimum atomic E-state index is 0.102. The number of ketones is 1. The number of carbonyl (C=O) groups excluding carboxylic acids is 1. The molecule has 1 aliphatic heterocycles. The van der Waals surface area contributed by atoms with E-state index in [1.165, 1.54) is 16.7 Å². The zero-order valence-electron chi connectivity index (χ0n) is 12.8. The largest absolute Gasteiger partial charge is 0.488 e. The van der Waals surface area contributed by atoms with E-state index in [0.29, 0.717) is 6.61 Å². The standard InChI is InChI=1S/C19H20O2/c1-4-13-6-7-16-15(8-13)11-21-19-10-17(12(3)20)14(5-2)9-18(16)19/h6-10H,4-5,11H2,1-3H3. The average Bonchev–Trinajstić information content (AvgIpc) is 2.52. The van der Waals surface area contributed by atoms with Gasteiger partial charge < -0.3 is 4.74 Å². The lowest BCUT2D eigenvalue weighted by atomic mass is 9.90. The smallest absolute Gasteiger partial charge is 0.160 e. The fourth-order valence-corrected chi connectivity index (χ4v) is 2.98. The molecule has 1 aliphatic rings. The van der Waals surface area contributed by atoms with Gasteiger partial charge in [-0.05, 0) is 54.2 Å². The van der Waals surface area contributed by atoms with Gasteiger partial charge in [-0.2, -0.15) is 0 Å². The maximum atomic E-state index is 11.8. The van der Waals surface area contributed by atoms with Crippen molar-refractivity contribution < 1.29 is 9.53 Å². The molecule has 1 heterocycles. The maximum Gasteiger partial charge on any atom is 0.160 e. The summed E-state index contributed by atoms with van der Waals surface area (Å²) >= 11 is 0. The van der Waals surface area contributed by atoms with Crippen LogP contribution in [0.4, 0.5) is 0 Å². The molecule has 0 atom stereocenters. The third-order valence-corrected chi connectivity index (χ3v) is 4.22. The van der Waals surface area contributed by atoms with Gasteiger partial charge in [-0.3, -0.25) is 4.79 Å². The van der Waals surface area contributed by atoms with E-state index in [0.717, 1.165) is 35.3 Å². The topological polar surface area (TPSA) is 26.3 Å². The molecule has 0 spiro atoms. The molecule has 0 N–H and O–H groups in total. The van der Waals surface area contributed by atoms with Crippen LogP contribution in [0.15, 0.2) is 30.3 Å². The van der Waals surface area contributed by atoms with Crippen LogP contribution in [0.5, 0.6) is 5.75 Å². The Hall–Kier alpha value is -2.09. The normalized spacial score (nSPS) is 12.3. The van der Waals surface area contributed by atoms with E-state index in [2.05, 4.69) is 38.1 Å². The van der Waals surface area contributed by atoms with Gasteiger partial charge in [0.15, 0.2) is 5.78 Å². The molecule has 0 saturated heterocycles. The van der Waals surface area contributed by atoms with Crippen LogP contribution in [-0.2, 0) is 19.4 Å². The number of rotatable bonds is 3. The Morgan fingerprint density at radius 1 is 1.10 bits per heavy atom. The lowest BCUT2D eigenvalue weighted by Crippen LogP contribution is -2.09. The van der Waals surface area contributed by atoms with Crippen LogP contribution in [0.1, 0.15) is 47.8 Å². The predicted molar refractivity (Wildman–Crippen MR) is 85.0 cm³/mol. The summed E-state index contributed by atoms with van der Waals surface area (Å²) in [6.45, 7) is 6.44. The summed E-state index contributed by atoms with van der Waals surface area (Å²) < 4.78 is 5.89. The van der Waals surface area contributed by atoms with Gasteiger partial charge in [0.2, 0.25) is 0 Å². The lowest BCUT2D eigenvalue weighted by Gasteiger charge is -2.23. The molecule has 2 heteroatoms. The number of Topliss-reactive ketones (excluding diaryl/α,β-unsaturated/α-hetero) is 1. The van der Waals surface area contributed by atoms with Crippen molar-refractivity contribution in [3.8, 4) is 16.9 Å². The Balaban J connectivity index is 2.18. The molecular weight excluding hydrogens is 260 g/mol. The fraction of sp³-hybridized carbons (Fsp3) is 0.316. The first-order valence-corrected chi connectivity index (χ1v) is 7.56. The summed E-state index contributed by atoms with van der Waals surface area (Å²) in [5, 5.41) is 0. The van der Waals surface area contributed by atoms with Gasteiger partial charge in [0.25, 0.3) is 0 Å². The molecule has 0 aromatic heterocycles. The van der Waals surface area contributed by atoms with Gasteiger partial charge in [-0.1, -0.05) is 32.0 Å². The number of fused-ring (bicyclic) bond motifs is 3. The highest BCUT2D eigenvalue weighted by Crippen LogP contribution is 2.40. The third kappa shape index (κ3) is 2.35. The predicted octanol–water partition coefficient (Wildman–Crippen LogP) is 4.57. The Morgan fingerprint density at radius 3 is 2.57 bits per heavy atom. The molecule has 2 nitrogen and oxygen atoms in total. The lowest BCUT2D eigenvalue weighted by molar-refractivity contribution is 0.101. The van der Waals surface area contributed by atoms with Gasteiger partial charge in [0, 0.05) is 11.1 Å². The van der Waals surface area contributed by atoms with Crippen LogP contribution in [-0.4, -0.2) is 5.78 Å². The van der Waals surface area contributed by atoms with Crippen molar-refractivity contribution in [3.05, 3.63) is 52.6 Å². The van der Waals surface area contributed by atoms with Gasteiger partial charge in [0.05, 0.1) is 0 Å². The number of hydrogen-bond acceptors (Lipinski definition) is 2. The van der Waals surface area contributed by atoms with Crippen molar-refractivity contribution in [2.24, 2.45) is 0 Å². The van der Waals surface area contributed by atoms with Crippen LogP contribution in [0.25, 0.3) is 11.1 Å². The quantitative estimate of drug-likeness (QED) is 0.770. The third-order valence-electron chi connectivity index (χ3n) is 4.22. The molecule has 0 aliphatic carbocycles. The van der Waals surface area contributed by atoms with Crippen molar-refractivity contribution in [1.82, 2.24) is 0 Å². The number of ether oxygens (including phenoxy) is 1. The van der Waals surface area contributed by atoms with E-state index in [1.54, 1.807) is 6.92 Å². The first kappa shape index (κ1) is 13.9. The number of benzene rings is 2. The zero-order valence-corrected chi connectivity index (χ0v) is 12.8. The van der Waals surface area contributed by atoms with E-state index in [-0.39, 0.29) is 5.78 Å². The van der Waals surface area contributed by atoms with E-state index < -0.39 is 0 Å². The van der Waals surface area contributed by atoms with E-state index in [4.69, 9.17) is 4.74 Å². The summed E-state index contributed by atoms with van der Waals surface area (Å²) in [7, 11) is 0. The fourth-order valence-electron chi connectivity index (χ4n) is 2.98. The van der Waals surface area contributed by atoms with E-state index in [9.17, 15) is 4.79 Å². The van der Waals surface area contributed by atoms with Gasteiger partial charge >= 0.3 is 0 Å². The minimum absolute atomic E-state index is 0.102. The number of aryl methyl sites for hydroxylation is 2. The second-order valence-electron chi connectivity index (χ2n) is 5.55. The molecule has 2 aromatic carbocycles. The van der Waals surface area contributed by atoms with Crippen LogP contribution in [0, 0.1) is 0 Å². The second-order valence-corrected chi connectivity index (χ2v) is 5.55. The zero-order chi connectivity index (χ0) is 15.0. The number of hydrogen-bond donors (Lipinski definition) is 0. The van der Waals surface area contributed by atoms with Gasteiger partial charge in [-0.15, -0.1) is 0 Å². The molecule has 0 fully saturated rings. The van der Waals surface area contributed by atoms with Crippen molar-refractivity contribution in [1.29, 1.82) is 0 Å². The highest BCUT2D eigenvalue weighted by Gasteiger charge is 2.20. The Bertz CT molecular complexity index is 714. The summed E-state index contributed by atoms with van der Waals surface area (Å²) in [5.41, 5.74) is 6.79. The molecule has 3 rings (SSSR count). The average molecular weight is 280 g/mol. The SMILES string of the molecule is CCc1ccc2c(c1)COc1cc(C(C)=O)c(CC)cc1-2. The minimum Gasteiger partial charge on any atom is -0.488 e. The highest BCUT2D eigenvalue weighted by atomic mass is 16.5. The Morgan fingerprint density at radius 2 is 1.90 bits per heavy atom. The van der Waals surface area contributed by atoms with Gasteiger partial charge in [-0.25, -0.2) is 0 Å².